The Balaban J connectivity index is 1.68. The fourth-order valence-corrected chi connectivity index (χ4v) is 2.70. The van der Waals surface area contributed by atoms with Crippen LogP contribution in [0.3, 0.4) is 0 Å². The molecule has 0 aliphatic carbocycles. The number of hydrogen-bond acceptors (Lipinski definition) is 5. The molecule has 2 aromatic rings. The topological polar surface area (TPSA) is 99.9 Å². The van der Waals surface area contributed by atoms with Gasteiger partial charge in [0.05, 0.1) is 12.2 Å². The van der Waals surface area contributed by atoms with Gasteiger partial charge < -0.3 is 14.7 Å². The normalized spacial score (nSPS) is 18.4. The highest BCUT2D eigenvalue weighted by Gasteiger charge is 2.32. The van der Waals surface area contributed by atoms with E-state index in [1.807, 2.05) is 19.9 Å². The Morgan fingerprint density at radius 1 is 1.52 bits per heavy atom. The molecule has 0 bridgehead atoms. The number of likely N-dealkylation sites (tertiary alicyclic amines) is 1. The van der Waals surface area contributed by atoms with Crippen LogP contribution in [0.2, 0.25) is 0 Å². The van der Waals surface area contributed by atoms with Gasteiger partial charge in [-0.15, -0.1) is 0 Å². The number of carbonyl (C=O) groups excluding carboxylic acids is 1. The first-order valence-electron chi connectivity index (χ1n) is 8.01. The number of carbonyl (C=O) groups is 1. The molecular weight excluding hydrogens is 296 g/mol. The van der Waals surface area contributed by atoms with Crippen LogP contribution >= 0.6 is 0 Å². The summed E-state index contributed by atoms with van der Waals surface area (Å²) in [6, 6.07) is 1.57. The van der Waals surface area contributed by atoms with Gasteiger partial charge in [-0.1, -0.05) is 19.0 Å². The maximum atomic E-state index is 12.5. The van der Waals surface area contributed by atoms with Crippen molar-refractivity contribution in [3.63, 3.8) is 0 Å². The molecule has 1 aliphatic heterocycles. The van der Waals surface area contributed by atoms with E-state index in [1.54, 1.807) is 11.1 Å². The summed E-state index contributed by atoms with van der Waals surface area (Å²) >= 11 is 0. The van der Waals surface area contributed by atoms with Gasteiger partial charge in [0.1, 0.15) is 6.04 Å². The van der Waals surface area contributed by atoms with Crippen LogP contribution in [0.25, 0.3) is 0 Å². The number of nitrogens with zero attached hydrogens (tertiary/aromatic N) is 4. The van der Waals surface area contributed by atoms with Gasteiger partial charge in [-0.25, -0.2) is 4.79 Å². The van der Waals surface area contributed by atoms with Gasteiger partial charge in [0.2, 0.25) is 5.89 Å². The number of rotatable bonds is 4. The minimum atomic E-state index is -0.148. The second kappa shape index (κ2) is 6.80. The molecule has 8 heteroatoms. The van der Waals surface area contributed by atoms with E-state index >= 15 is 0 Å². The lowest BCUT2D eigenvalue weighted by molar-refractivity contribution is 0.131. The highest BCUT2D eigenvalue weighted by molar-refractivity contribution is 5.74. The lowest BCUT2D eigenvalue weighted by Gasteiger charge is -2.33. The molecule has 1 aliphatic rings. The van der Waals surface area contributed by atoms with Crippen molar-refractivity contribution in [2.24, 2.45) is 0 Å². The van der Waals surface area contributed by atoms with Crippen molar-refractivity contribution < 1.29 is 9.32 Å². The Kier molecular flexibility index (Phi) is 4.59. The summed E-state index contributed by atoms with van der Waals surface area (Å²) in [5.74, 6) is 1.42. The molecule has 8 nitrogen and oxygen atoms in total. The molecule has 1 atom stereocenters. The molecule has 0 aromatic carbocycles. The Morgan fingerprint density at radius 2 is 2.39 bits per heavy atom. The van der Waals surface area contributed by atoms with Gasteiger partial charge in [-0.2, -0.15) is 10.1 Å². The van der Waals surface area contributed by atoms with Crippen molar-refractivity contribution in [1.29, 1.82) is 0 Å². The van der Waals surface area contributed by atoms with Gasteiger partial charge in [0, 0.05) is 18.7 Å². The van der Waals surface area contributed by atoms with E-state index in [1.165, 1.54) is 0 Å². The molecule has 0 saturated carbocycles. The van der Waals surface area contributed by atoms with E-state index in [0.717, 1.165) is 25.0 Å². The first kappa shape index (κ1) is 15.5. The third kappa shape index (κ3) is 3.52. The SMILES string of the molecule is CC(C)c1noc([C@@H]2CCCCN2C(=O)NCc2ccn[nH]2)n1. The summed E-state index contributed by atoms with van der Waals surface area (Å²) in [5.41, 5.74) is 0.867. The quantitative estimate of drug-likeness (QED) is 0.901. The van der Waals surface area contributed by atoms with Crippen molar-refractivity contribution >= 4 is 6.03 Å². The molecule has 3 heterocycles. The van der Waals surface area contributed by atoms with Gasteiger partial charge in [0.15, 0.2) is 5.82 Å². The van der Waals surface area contributed by atoms with Crippen LogP contribution in [0, 0.1) is 0 Å². The number of piperidine rings is 1. The second-order valence-electron chi connectivity index (χ2n) is 6.09. The molecule has 0 radical (unpaired) electrons. The molecule has 0 spiro atoms. The third-order valence-corrected chi connectivity index (χ3v) is 4.01. The van der Waals surface area contributed by atoms with E-state index in [0.29, 0.717) is 24.8 Å². The highest BCUT2D eigenvalue weighted by Crippen LogP contribution is 2.30. The zero-order valence-electron chi connectivity index (χ0n) is 13.5. The number of aromatic nitrogens is 4. The number of H-pyrrole nitrogens is 1. The van der Waals surface area contributed by atoms with Gasteiger partial charge in [-0.3, -0.25) is 5.10 Å². The predicted molar refractivity (Wildman–Crippen MR) is 82.5 cm³/mol. The van der Waals surface area contributed by atoms with Crippen molar-refractivity contribution in [2.45, 2.75) is 51.6 Å². The molecule has 0 unspecified atom stereocenters. The zero-order valence-corrected chi connectivity index (χ0v) is 13.5. The Labute approximate surface area is 134 Å². The Morgan fingerprint density at radius 3 is 3.09 bits per heavy atom. The molecule has 2 amide bonds. The monoisotopic (exact) mass is 318 g/mol. The Bertz CT molecular complexity index is 636. The maximum absolute atomic E-state index is 12.5. The van der Waals surface area contributed by atoms with Crippen LogP contribution in [0.4, 0.5) is 4.79 Å². The summed E-state index contributed by atoms with van der Waals surface area (Å²) in [6.45, 7) is 5.15. The lowest BCUT2D eigenvalue weighted by atomic mass is 10.0. The predicted octanol–water partition coefficient (Wildman–Crippen LogP) is 2.35. The van der Waals surface area contributed by atoms with Crippen LogP contribution in [0.5, 0.6) is 0 Å². The number of aromatic amines is 1. The van der Waals surface area contributed by atoms with E-state index in [2.05, 4.69) is 25.7 Å². The zero-order chi connectivity index (χ0) is 16.2. The van der Waals surface area contributed by atoms with E-state index in [-0.39, 0.29) is 18.0 Å². The van der Waals surface area contributed by atoms with E-state index in [9.17, 15) is 4.79 Å². The fourth-order valence-electron chi connectivity index (χ4n) is 2.70. The molecule has 124 valence electrons. The second-order valence-corrected chi connectivity index (χ2v) is 6.09. The summed E-state index contributed by atoms with van der Waals surface area (Å²) in [4.78, 5) is 18.8. The molecule has 2 N–H and O–H groups in total. The van der Waals surface area contributed by atoms with E-state index in [4.69, 9.17) is 4.52 Å². The first-order chi connectivity index (χ1) is 11.1. The van der Waals surface area contributed by atoms with E-state index < -0.39 is 0 Å². The van der Waals surface area contributed by atoms with Crippen molar-refractivity contribution in [2.75, 3.05) is 6.54 Å². The Hall–Kier alpha value is -2.38. The van der Waals surface area contributed by atoms with Crippen LogP contribution in [0.15, 0.2) is 16.8 Å². The summed E-state index contributed by atoms with van der Waals surface area (Å²) in [7, 11) is 0. The van der Waals surface area contributed by atoms with Crippen LogP contribution in [-0.2, 0) is 6.54 Å². The summed E-state index contributed by atoms with van der Waals surface area (Å²) in [6.07, 6.45) is 4.54. The van der Waals surface area contributed by atoms with Crippen molar-refractivity contribution in [1.82, 2.24) is 30.6 Å². The highest BCUT2D eigenvalue weighted by atomic mass is 16.5. The molecular formula is C15H22N6O2. The number of hydrogen-bond donors (Lipinski definition) is 2. The summed E-state index contributed by atoms with van der Waals surface area (Å²) in [5, 5.41) is 13.6. The molecule has 1 fully saturated rings. The van der Waals surface area contributed by atoms with Crippen LogP contribution < -0.4 is 5.32 Å². The molecule has 1 saturated heterocycles. The standard InChI is InChI=1S/C15H22N6O2/c1-10(2)13-18-14(23-20-13)12-5-3-4-8-21(12)15(22)16-9-11-6-7-17-19-11/h6-7,10,12H,3-5,8-9H2,1-2H3,(H,16,22)(H,17,19)/t12-/m0/s1. The average molecular weight is 318 g/mol. The first-order valence-corrected chi connectivity index (χ1v) is 8.01. The molecule has 2 aromatic heterocycles. The summed E-state index contributed by atoms with van der Waals surface area (Å²) < 4.78 is 5.40. The minimum absolute atomic E-state index is 0.117. The van der Waals surface area contributed by atoms with Crippen molar-refractivity contribution in [3.05, 3.63) is 29.7 Å². The number of urea groups is 1. The lowest BCUT2D eigenvalue weighted by Crippen LogP contribution is -2.44. The minimum Gasteiger partial charge on any atom is -0.337 e. The third-order valence-electron chi connectivity index (χ3n) is 4.01. The number of amides is 2. The maximum Gasteiger partial charge on any atom is 0.318 e. The van der Waals surface area contributed by atoms with Gasteiger partial charge in [-0.05, 0) is 25.3 Å². The smallest absolute Gasteiger partial charge is 0.318 e. The molecule has 3 rings (SSSR count). The van der Waals surface area contributed by atoms with Crippen LogP contribution in [-0.4, -0.2) is 37.8 Å². The van der Waals surface area contributed by atoms with Crippen molar-refractivity contribution in [3.8, 4) is 0 Å². The molecule has 23 heavy (non-hydrogen) atoms. The van der Waals surface area contributed by atoms with Gasteiger partial charge in [0.25, 0.3) is 0 Å². The fraction of sp³-hybridized carbons (Fsp3) is 0.600. The largest absolute Gasteiger partial charge is 0.337 e. The number of nitrogens with one attached hydrogen (secondary N) is 2. The van der Waals surface area contributed by atoms with Crippen LogP contribution in [0.1, 0.15) is 62.5 Å². The van der Waals surface area contributed by atoms with Gasteiger partial charge >= 0.3 is 6.03 Å². The average Bonchev–Trinajstić information content (AvgIpc) is 3.24.